The van der Waals surface area contributed by atoms with Crippen LogP contribution in [0.2, 0.25) is 0 Å². The molecule has 1 aromatic rings. The van der Waals surface area contributed by atoms with Crippen LogP contribution in [0, 0.1) is 3.57 Å². The molecule has 6 nitrogen and oxygen atoms in total. The number of halogens is 1. The van der Waals surface area contributed by atoms with Crippen molar-refractivity contribution in [2.75, 3.05) is 13.2 Å². The molecule has 0 radical (unpaired) electrons. The minimum atomic E-state index is -3.69. The van der Waals surface area contributed by atoms with Crippen LogP contribution in [0.15, 0.2) is 36.0 Å². The number of benzene rings is 1. The number of ether oxygens (including phenoxy) is 1. The van der Waals surface area contributed by atoms with E-state index in [1.54, 1.807) is 13.8 Å². The van der Waals surface area contributed by atoms with Crippen molar-refractivity contribution in [2.24, 2.45) is 0 Å². The van der Waals surface area contributed by atoms with Gasteiger partial charge in [-0.15, -0.1) is 0 Å². The number of esters is 1. The Morgan fingerprint density at radius 1 is 1.32 bits per heavy atom. The van der Waals surface area contributed by atoms with E-state index in [2.05, 4.69) is 22.6 Å². The zero-order valence-corrected chi connectivity index (χ0v) is 17.6. The van der Waals surface area contributed by atoms with Gasteiger partial charge >= 0.3 is 16.2 Å². The van der Waals surface area contributed by atoms with Crippen molar-refractivity contribution in [1.82, 2.24) is 8.61 Å². The summed E-state index contributed by atoms with van der Waals surface area (Å²) in [6, 6.07) is 7.08. The number of carbonyl (C=O) groups excluding carboxylic acids is 1. The average molecular weight is 478 g/mol. The minimum absolute atomic E-state index is 0.176. The molecule has 1 unspecified atom stereocenters. The van der Waals surface area contributed by atoms with E-state index in [4.69, 9.17) is 4.74 Å². The van der Waals surface area contributed by atoms with E-state index in [1.807, 2.05) is 31.2 Å². The van der Waals surface area contributed by atoms with Gasteiger partial charge in [-0.05, 0) is 60.6 Å². The van der Waals surface area contributed by atoms with Crippen molar-refractivity contribution in [2.45, 2.75) is 39.8 Å². The highest BCUT2D eigenvalue weighted by atomic mass is 127. The molecular weight excluding hydrogens is 455 g/mol. The summed E-state index contributed by atoms with van der Waals surface area (Å²) in [5, 5.41) is 0. The summed E-state index contributed by atoms with van der Waals surface area (Å²) >= 11 is 2.19. The molecule has 1 atom stereocenters. The maximum absolute atomic E-state index is 13.0. The van der Waals surface area contributed by atoms with Crippen LogP contribution in [0.3, 0.4) is 0 Å². The third-order valence-corrected chi connectivity index (χ3v) is 6.53. The fourth-order valence-corrected chi connectivity index (χ4v) is 5.09. The Bertz CT molecular complexity index is 764. The van der Waals surface area contributed by atoms with E-state index in [1.165, 1.54) is 14.8 Å². The van der Waals surface area contributed by atoms with E-state index < -0.39 is 22.2 Å². The maximum Gasteiger partial charge on any atom is 0.337 e. The maximum atomic E-state index is 13.0. The largest absolute Gasteiger partial charge is 0.463 e. The molecule has 0 bridgehead atoms. The van der Waals surface area contributed by atoms with E-state index in [0.29, 0.717) is 18.5 Å². The van der Waals surface area contributed by atoms with Gasteiger partial charge < -0.3 is 4.74 Å². The van der Waals surface area contributed by atoms with Gasteiger partial charge in [-0.3, -0.25) is 4.31 Å². The van der Waals surface area contributed by atoms with Crippen molar-refractivity contribution >= 4 is 38.8 Å². The van der Waals surface area contributed by atoms with E-state index >= 15 is 0 Å². The summed E-state index contributed by atoms with van der Waals surface area (Å²) in [6.45, 7) is 6.14. The Hall–Kier alpha value is -1.13. The quantitative estimate of drug-likeness (QED) is 0.466. The molecule has 25 heavy (non-hydrogen) atoms. The van der Waals surface area contributed by atoms with E-state index in [-0.39, 0.29) is 13.2 Å². The lowest BCUT2D eigenvalue weighted by Crippen LogP contribution is -2.51. The molecule has 0 saturated carbocycles. The lowest BCUT2D eigenvalue weighted by atomic mass is 10.1. The lowest BCUT2D eigenvalue weighted by Gasteiger charge is -2.38. The smallest absolute Gasteiger partial charge is 0.337 e. The molecule has 0 N–H and O–H groups in total. The molecule has 1 aliphatic heterocycles. The normalized spacial score (nSPS) is 20.2. The fraction of sp³-hybridized carbons (Fsp3) is 0.471. The van der Waals surface area contributed by atoms with Crippen molar-refractivity contribution in [3.8, 4) is 0 Å². The van der Waals surface area contributed by atoms with Gasteiger partial charge in [0.15, 0.2) is 0 Å². The van der Waals surface area contributed by atoms with Crippen LogP contribution in [0.5, 0.6) is 0 Å². The highest BCUT2D eigenvalue weighted by Gasteiger charge is 2.40. The second-order valence-corrected chi connectivity index (χ2v) is 8.85. The van der Waals surface area contributed by atoms with Crippen LogP contribution < -0.4 is 0 Å². The van der Waals surface area contributed by atoms with E-state index in [0.717, 1.165) is 9.13 Å². The molecule has 0 saturated heterocycles. The molecule has 8 heteroatoms. The second-order valence-electron chi connectivity index (χ2n) is 5.77. The number of nitrogens with zero attached hydrogens (tertiary/aromatic N) is 2. The number of hydrogen-bond acceptors (Lipinski definition) is 4. The molecular formula is C17H23IN2O4S. The third kappa shape index (κ3) is 4.53. The summed E-state index contributed by atoms with van der Waals surface area (Å²) < 4.78 is 34.7. The van der Waals surface area contributed by atoms with Crippen molar-refractivity contribution in [1.29, 1.82) is 0 Å². The van der Waals surface area contributed by atoms with Gasteiger partial charge in [0.2, 0.25) is 0 Å². The van der Waals surface area contributed by atoms with Crippen LogP contribution in [0.25, 0.3) is 0 Å². The number of rotatable bonds is 6. The Kier molecular flexibility index (Phi) is 6.86. The highest BCUT2D eigenvalue weighted by Crippen LogP contribution is 2.28. The second kappa shape index (κ2) is 8.50. The molecule has 1 aromatic carbocycles. The molecule has 1 heterocycles. The van der Waals surface area contributed by atoms with Crippen LogP contribution in [-0.2, 0) is 26.3 Å². The standard InChI is InChI=1S/C17H23IN2O4S/c1-4-9-20-13(3)16(17(21)24-5-2)12-19(25(20,22)23)11-14-7-6-8-15(18)10-14/h6-8,10,12-13H,4-5,9,11H2,1-3H3. The van der Waals surface area contributed by atoms with Crippen LogP contribution >= 0.6 is 22.6 Å². The van der Waals surface area contributed by atoms with Gasteiger partial charge in [-0.1, -0.05) is 19.1 Å². The molecule has 0 aliphatic carbocycles. The predicted octanol–water partition coefficient (Wildman–Crippen LogP) is 2.90. The van der Waals surface area contributed by atoms with Crippen molar-refractivity contribution in [3.63, 3.8) is 0 Å². The summed E-state index contributed by atoms with van der Waals surface area (Å²) in [7, 11) is -3.69. The van der Waals surface area contributed by atoms with Crippen LogP contribution in [-0.4, -0.2) is 42.2 Å². The monoisotopic (exact) mass is 478 g/mol. The third-order valence-electron chi connectivity index (χ3n) is 3.94. The fourth-order valence-electron chi connectivity index (χ4n) is 2.73. The molecule has 138 valence electrons. The van der Waals surface area contributed by atoms with Crippen LogP contribution in [0.1, 0.15) is 32.8 Å². The summed E-state index contributed by atoms with van der Waals surface area (Å²) in [4.78, 5) is 12.3. The zero-order chi connectivity index (χ0) is 18.6. The Morgan fingerprint density at radius 3 is 2.64 bits per heavy atom. The molecule has 0 amide bonds. The first kappa shape index (κ1) is 20.2. The van der Waals surface area contributed by atoms with Gasteiger partial charge in [0.05, 0.1) is 24.8 Å². The summed E-state index contributed by atoms with van der Waals surface area (Å²) in [5.41, 5.74) is 1.22. The summed E-state index contributed by atoms with van der Waals surface area (Å²) in [6.07, 6.45) is 2.08. The lowest BCUT2D eigenvalue weighted by molar-refractivity contribution is -0.139. The highest BCUT2D eigenvalue weighted by molar-refractivity contribution is 14.1. The first-order chi connectivity index (χ1) is 11.8. The Balaban J connectivity index is 2.44. The Morgan fingerprint density at radius 2 is 2.04 bits per heavy atom. The number of hydrogen-bond donors (Lipinski definition) is 0. The first-order valence-corrected chi connectivity index (χ1v) is 10.7. The molecule has 0 spiro atoms. The molecule has 0 aromatic heterocycles. The van der Waals surface area contributed by atoms with Gasteiger partial charge in [-0.2, -0.15) is 12.7 Å². The Labute approximate surface area is 163 Å². The first-order valence-electron chi connectivity index (χ1n) is 8.23. The van der Waals surface area contributed by atoms with E-state index in [9.17, 15) is 13.2 Å². The topological polar surface area (TPSA) is 66.9 Å². The number of carbonyl (C=O) groups is 1. The van der Waals surface area contributed by atoms with Gasteiger partial charge in [-0.25, -0.2) is 4.79 Å². The molecule has 1 aliphatic rings. The van der Waals surface area contributed by atoms with Crippen molar-refractivity contribution < 1.29 is 17.9 Å². The van der Waals surface area contributed by atoms with Gasteiger partial charge in [0.25, 0.3) is 0 Å². The summed E-state index contributed by atoms with van der Waals surface area (Å²) in [5.74, 6) is -0.473. The van der Waals surface area contributed by atoms with Crippen LogP contribution in [0.4, 0.5) is 0 Å². The molecule has 2 rings (SSSR count). The van der Waals surface area contributed by atoms with Gasteiger partial charge in [0, 0.05) is 16.3 Å². The van der Waals surface area contributed by atoms with Crippen molar-refractivity contribution in [3.05, 3.63) is 45.2 Å². The van der Waals surface area contributed by atoms with Gasteiger partial charge in [0.1, 0.15) is 0 Å². The average Bonchev–Trinajstić information content (AvgIpc) is 2.54. The molecule has 0 fully saturated rings. The zero-order valence-electron chi connectivity index (χ0n) is 14.6. The SMILES string of the molecule is CCCN1C(C)C(C(=O)OCC)=CN(Cc2cccc(I)c2)S1(=O)=O. The minimum Gasteiger partial charge on any atom is -0.463 e. The predicted molar refractivity (Wildman–Crippen MR) is 105 cm³/mol.